The van der Waals surface area contributed by atoms with E-state index in [1.807, 2.05) is 30.4 Å². The lowest BCUT2D eigenvalue weighted by molar-refractivity contribution is -0.170. The highest BCUT2D eigenvalue weighted by atomic mass is 16.7. The first kappa shape index (κ1) is 23.6. The Morgan fingerprint density at radius 1 is 1.13 bits per heavy atom. The molecule has 2 N–H and O–H groups in total. The van der Waals surface area contributed by atoms with Crippen LogP contribution in [0.25, 0.3) is 0 Å². The third kappa shape index (κ3) is 6.99. The van der Waals surface area contributed by atoms with Gasteiger partial charge in [-0.1, -0.05) is 42.5 Å². The number of carbonyl (C=O) groups is 2. The molecule has 0 bridgehead atoms. The van der Waals surface area contributed by atoms with Gasteiger partial charge in [0.2, 0.25) is 0 Å². The van der Waals surface area contributed by atoms with Gasteiger partial charge in [0.25, 0.3) is 0 Å². The molecule has 3 atom stereocenters. The van der Waals surface area contributed by atoms with Crippen LogP contribution in [-0.4, -0.2) is 47.1 Å². The molecule has 2 aliphatic rings. The van der Waals surface area contributed by atoms with Crippen molar-refractivity contribution >= 4 is 11.8 Å². The quantitative estimate of drug-likeness (QED) is 0.386. The molecule has 2 fully saturated rings. The van der Waals surface area contributed by atoms with E-state index >= 15 is 0 Å². The van der Waals surface area contributed by atoms with E-state index in [-0.39, 0.29) is 30.5 Å². The predicted octanol–water partition coefficient (Wildman–Crippen LogP) is 3.91. The van der Waals surface area contributed by atoms with Crippen molar-refractivity contribution in [2.75, 3.05) is 13.2 Å². The summed E-state index contributed by atoms with van der Waals surface area (Å²) in [4.78, 5) is 23.0. The molecule has 1 aliphatic carbocycles. The van der Waals surface area contributed by atoms with Gasteiger partial charge in [0.15, 0.2) is 5.79 Å². The molecule has 3 rings (SSSR count). The van der Waals surface area contributed by atoms with Crippen LogP contribution in [0.2, 0.25) is 0 Å². The van der Waals surface area contributed by atoms with Gasteiger partial charge >= 0.3 is 5.97 Å². The van der Waals surface area contributed by atoms with Gasteiger partial charge in [-0.05, 0) is 43.6 Å². The molecule has 1 aromatic rings. The number of ketones is 1. The van der Waals surface area contributed by atoms with Crippen LogP contribution < -0.4 is 0 Å². The number of Topliss-reactive ketones (excluding diaryl/α,β-unsaturated/α-hetero) is 1. The van der Waals surface area contributed by atoms with Crippen LogP contribution in [0.3, 0.4) is 0 Å². The summed E-state index contributed by atoms with van der Waals surface area (Å²) in [7, 11) is 0. The Morgan fingerprint density at radius 2 is 1.87 bits per heavy atom. The molecular weight excluding hydrogens is 396 g/mol. The van der Waals surface area contributed by atoms with Crippen molar-refractivity contribution in [1.29, 1.82) is 0 Å². The number of aryl methyl sites for hydroxylation is 1. The molecule has 1 heterocycles. The number of rotatable bonds is 12. The largest absolute Gasteiger partial charge is 0.481 e. The van der Waals surface area contributed by atoms with Crippen molar-refractivity contribution in [3.05, 3.63) is 48.0 Å². The lowest BCUT2D eigenvalue weighted by atomic mass is 9.85. The normalized spacial score (nSPS) is 25.5. The summed E-state index contributed by atoms with van der Waals surface area (Å²) in [6.45, 7) is 1.15. The predicted molar refractivity (Wildman–Crippen MR) is 116 cm³/mol. The zero-order valence-electron chi connectivity index (χ0n) is 18.1. The first-order chi connectivity index (χ1) is 15.0. The molecule has 170 valence electrons. The fourth-order valence-corrected chi connectivity index (χ4v) is 4.72. The number of hydrogen-bond donors (Lipinski definition) is 2. The van der Waals surface area contributed by atoms with Gasteiger partial charge < -0.3 is 19.7 Å². The van der Waals surface area contributed by atoms with E-state index in [0.717, 1.165) is 12.8 Å². The number of carboxylic acid groups (broad SMARTS) is 1. The number of aliphatic hydroxyl groups is 1. The molecular formula is C25H34O6. The maximum absolute atomic E-state index is 12.5. The summed E-state index contributed by atoms with van der Waals surface area (Å²) in [5.74, 6) is -1.62. The summed E-state index contributed by atoms with van der Waals surface area (Å²) in [6.07, 6.45) is 8.47. The van der Waals surface area contributed by atoms with E-state index in [4.69, 9.17) is 14.6 Å². The molecule has 1 saturated heterocycles. The van der Waals surface area contributed by atoms with Gasteiger partial charge in [-0.15, -0.1) is 0 Å². The first-order valence-electron chi connectivity index (χ1n) is 11.4. The third-order valence-electron chi connectivity index (χ3n) is 6.46. The molecule has 1 saturated carbocycles. The van der Waals surface area contributed by atoms with E-state index in [9.17, 15) is 14.7 Å². The van der Waals surface area contributed by atoms with Crippen molar-refractivity contribution in [3.8, 4) is 0 Å². The molecule has 0 radical (unpaired) electrons. The lowest BCUT2D eigenvalue weighted by Crippen LogP contribution is -2.33. The minimum absolute atomic E-state index is 0.0995. The topological polar surface area (TPSA) is 93.1 Å². The zero-order chi connectivity index (χ0) is 22.1. The third-order valence-corrected chi connectivity index (χ3v) is 6.46. The summed E-state index contributed by atoms with van der Waals surface area (Å²) in [5, 5.41) is 19.2. The number of ether oxygens (including phenoxy) is 2. The van der Waals surface area contributed by atoms with E-state index in [0.29, 0.717) is 45.3 Å². The summed E-state index contributed by atoms with van der Waals surface area (Å²) in [5.41, 5.74) is 1.24. The Bertz CT molecular complexity index is 738. The number of aliphatic carboxylic acids is 1. The number of hydrogen-bond acceptors (Lipinski definition) is 5. The highest BCUT2D eigenvalue weighted by Crippen LogP contribution is 2.39. The Hall–Kier alpha value is -2.02. The van der Waals surface area contributed by atoms with Gasteiger partial charge in [-0.25, -0.2) is 0 Å². The average Bonchev–Trinajstić information content (AvgIpc) is 3.32. The minimum atomic E-state index is -0.792. The Morgan fingerprint density at radius 3 is 2.58 bits per heavy atom. The molecule has 0 unspecified atom stereocenters. The maximum Gasteiger partial charge on any atom is 0.303 e. The van der Waals surface area contributed by atoms with E-state index in [2.05, 4.69) is 12.1 Å². The van der Waals surface area contributed by atoms with Crippen molar-refractivity contribution in [3.63, 3.8) is 0 Å². The zero-order valence-corrected chi connectivity index (χ0v) is 18.1. The van der Waals surface area contributed by atoms with Gasteiger partial charge in [0, 0.05) is 31.6 Å². The summed E-state index contributed by atoms with van der Waals surface area (Å²) >= 11 is 0. The monoisotopic (exact) mass is 430 g/mol. The second kappa shape index (κ2) is 11.6. The van der Waals surface area contributed by atoms with Crippen LogP contribution in [-0.2, 0) is 25.5 Å². The maximum atomic E-state index is 12.5. The molecule has 6 nitrogen and oxygen atoms in total. The Balaban J connectivity index is 1.53. The van der Waals surface area contributed by atoms with Gasteiger partial charge in [0.05, 0.1) is 19.3 Å². The van der Waals surface area contributed by atoms with Crippen LogP contribution in [0, 0.1) is 11.8 Å². The first-order valence-corrected chi connectivity index (χ1v) is 11.4. The van der Waals surface area contributed by atoms with E-state index in [1.165, 1.54) is 5.56 Å². The standard InChI is InChI=1S/C25H34O6/c26-22-18-23(27)21(20(22)10-6-1-2-7-11-24(28)29)13-15-25(30-16-17-31-25)14-12-19-8-4-3-5-9-19/h1,3-6,8-9,20-21,23,27H,2,7,10-18H2,(H,28,29)/b6-1-/t20-,21-,23-/m1/s1. The lowest BCUT2D eigenvalue weighted by Gasteiger charge is -2.30. The number of aliphatic hydroxyl groups excluding tert-OH is 1. The van der Waals surface area contributed by atoms with Crippen molar-refractivity contribution in [1.82, 2.24) is 0 Å². The summed E-state index contributed by atoms with van der Waals surface area (Å²) in [6, 6.07) is 10.3. The highest BCUT2D eigenvalue weighted by Gasteiger charge is 2.43. The molecule has 31 heavy (non-hydrogen) atoms. The Kier molecular flexibility index (Phi) is 8.81. The van der Waals surface area contributed by atoms with Crippen LogP contribution in [0.4, 0.5) is 0 Å². The van der Waals surface area contributed by atoms with Gasteiger partial charge in [-0.2, -0.15) is 0 Å². The SMILES string of the molecule is O=C(O)CCC/C=C\C[C@H]1C(=O)C[C@@H](O)[C@@H]1CCC1(CCc2ccccc2)OCCO1. The van der Waals surface area contributed by atoms with Crippen LogP contribution in [0.15, 0.2) is 42.5 Å². The van der Waals surface area contributed by atoms with E-state index < -0.39 is 17.9 Å². The smallest absolute Gasteiger partial charge is 0.303 e. The highest BCUT2D eigenvalue weighted by molar-refractivity contribution is 5.84. The van der Waals surface area contributed by atoms with Crippen molar-refractivity contribution in [2.45, 2.75) is 69.7 Å². The fourth-order valence-electron chi connectivity index (χ4n) is 4.72. The minimum Gasteiger partial charge on any atom is -0.481 e. The molecule has 0 spiro atoms. The fraction of sp³-hybridized carbons (Fsp3) is 0.600. The van der Waals surface area contributed by atoms with E-state index in [1.54, 1.807) is 0 Å². The van der Waals surface area contributed by atoms with Crippen LogP contribution >= 0.6 is 0 Å². The Labute approximate surface area is 184 Å². The number of benzene rings is 1. The summed E-state index contributed by atoms with van der Waals surface area (Å²) < 4.78 is 12.0. The second-order valence-corrected chi connectivity index (χ2v) is 8.63. The molecule has 1 aromatic carbocycles. The van der Waals surface area contributed by atoms with Crippen LogP contribution in [0.1, 0.15) is 56.9 Å². The van der Waals surface area contributed by atoms with Gasteiger partial charge in [0.1, 0.15) is 5.78 Å². The number of carboxylic acids is 1. The van der Waals surface area contributed by atoms with Crippen molar-refractivity contribution in [2.24, 2.45) is 11.8 Å². The molecule has 0 amide bonds. The molecule has 0 aromatic heterocycles. The van der Waals surface area contributed by atoms with Crippen molar-refractivity contribution < 1.29 is 29.3 Å². The molecule has 1 aliphatic heterocycles. The average molecular weight is 431 g/mol. The number of carbonyl (C=O) groups excluding carboxylic acids is 1. The number of allylic oxidation sites excluding steroid dienone is 2. The number of unbranched alkanes of at least 4 members (excludes halogenated alkanes) is 1. The van der Waals surface area contributed by atoms with Gasteiger partial charge in [-0.3, -0.25) is 9.59 Å². The van der Waals surface area contributed by atoms with Crippen LogP contribution in [0.5, 0.6) is 0 Å². The molecule has 6 heteroatoms. The second-order valence-electron chi connectivity index (χ2n) is 8.63.